The SMILES string of the molecule is Cn1c(=O)c2ccccc2n2c(SCc3cc(=O)oc4cc(O)c(Cl)cc34)nnc12. The van der Waals surface area contributed by atoms with Gasteiger partial charge in [-0.05, 0) is 23.8 Å². The van der Waals surface area contributed by atoms with Gasteiger partial charge in [0.1, 0.15) is 11.3 Å². The Morgan fingerprint density at radius 2 is 1.93 bits per heavy atom. The van der Waals surface area contributed by atoms with Crippen LogP contribution in [0.25, 0.3) is 27.6 Å². The van der Waals surface area contributed by atoms with Crippen molar-refractivity contribution in [3.63, 3.8) is 0 Å². The Morgan fingerprint density at radius 3 is 2.77 bits per heavy atom. The van der Waals surface area contributed by atoms with Crippen LogP contribution >= 0.6 is 23.4 Å². The minimum atomic E-state index is -0.529. The number of hydrogen-bond donors (Lipinski definition) is 1. The van der Waals surface area contributed by atoms with Crippen molar-refractivity contribution in [2.75, 3.05) is 0 Å². The smallest absolute Gasteiger partial charge is 0.336 e. The van der Waals surface area contributed by atoms with Crippen molar-refractivity contribution in [1.82, 2.24) is 19.2 Å². The summed E-state index contributed by atoms with van der Waals surface area (Å²) >= 11 is 7.40. The topological polar surface area (TPSA) is 103 Å². The zero-order chi connectivity index (χ0) is 21.0. The lowest BCUT2D eigenvalue weighted by molar-refractivity contribution is 0.473. The number of phenolic OH excluding ortho intramolecular Hbond substituents is 1. The normalized spacial score (nSPS) is 11.7. The van der Waals surface area contributed by atoms with Crippen molar-refractivity contribution < 1.29 is 9.52 Å². The number of phenols is 1. The lowest BCUT2D eigenvalue weighted by atomic mass is 10.1. The summed E-state index contributed by atoms with van der Waals surface area (Å²) in [6, 6.07) is 11.5. The summed E-state index contributed by atoms with van der Waals surface area (Å²) in [5.41, 5.74) is 0.952. The summed E-state index contributed by atoms with van der Waals surface area (Å²) in [5.74, 6) is 0.640. The number of aromatic hydroxyl groups is 1. The average Bonchev–Trinajstić information content (AvgIpc) is 3.16. The predicted molar refractivity (Wildman–Crippen MR) is 114 cm³/mol. The molecule has 0 fully saturated rings. The molecule has 5 aromatic rings. The van der Waals surface area contributed by atoms with E-state index in [-0.39, 0.29) is 21.9 Å². The molecule has 0 aliphatic carbocycles. The molecule has 0 unspecified atom stereocenters. The molecule has 0 spiro atoms. The summed E-state index contributed by atoms with van der Waals surface area (Å²) in [6.45, 7) is 0. The number of hydrogen-bond acceptors (Lipinski definition) is 7. The van der Waals surface area contributed by atoms with Gasteiger partial charge in [-0.1, -0.05) is 35.5 Å². The van der Waals surface area contributed by atoms with Crippen molar-refractivity contribution >= 4 is 51.0 Å². The van der Waals surface area contributed by atoms with Crippen LogP contribution in [0.15, 0.2) is 61.6 Å². The molecule has 0 saturated heterocycles. The van der Waals surface area contributed by atoms with E-state index in [0.717, 1.165) is 0 Å². The molecule has 0 radical (unpaired) electrons. The van der Waals surface area contributed by atoms with Crippen molar-refractivity contribution in [3.05, 3.63) is 73.8 Å². The van der Waals surface area contributed by atoms with Gasteiger partial charge in [-0.2, -0.15) is 0 Å². The Kier molecular flexibility index (Phi) is 4.30. The quantitative estimate of drug-likeness (QED) is 0.339. The monoisotopic (exact) mass is 440 g/mol. The molecule has 1 N–H and O–H groups in total. The van der Waals surface area contributed by atoms with Crippen LogP contribution in [0.5, 0.6) is 5.75 Å². The third-order valence-electron chi connectivity index (χ3n) is 4.85. The van der Waals surface area contributed by atoms with E-state index < -0.39 is 5.63 Å². The molecule has 3 heterocycles. The van der Waals surface area contributed by atoms with Crippen molar-refractivity contribution in [3.8, 4) is 5.75 Å². The number of fused-ring (bicyclic) bond motifs is 4. The molecule has 0 atom stereocenters. The fourth-order valence-electron chi connectivity index (χ4n) is 3.40. The van der Waals surface area contributed by atoms with Gasteiger partial charge in [-0.3, -0.25) is 13.8 Å². The summed E-state index contributed by atoms with van der Waals surface area (Å²) in [4.78, 5) is 24.5. The maximum absolute atomic E-state index is 12.6. The van der Waals surface area contributed by atoms with Crippen LogP contribution in [0.4, 0.5) is 0 Å². The average molecular weight is 441 g/mol. The molecule has 3 aromatic heterocycles. The number of benzene rings is 2. The van der Waals surface area contributed by atoms with Crippen LogP contribution in [0.2, 0.25) is 5.02 Å². The molecule has 0 saturated carbocycles. The highest BCUT2D eigenvalue weighted by atomic mass is 35.5. The number of thioether (sulfide) groups is 1. The zero-order valence-electron chi connectivity index (χ0n) is 15.5. The Morgan fingerprint density at radius 1 is 1.13 bits per heavy atom. The summed E-state index contributed by atoms with van der Waals surface area (Å²) in [6.07, 6.45) is 0. The molecule has 30 heavy (non-hydrogen) atoms. The Hall–Kier alpha value is -3.30. The van der Waals surface area contributed by atoms with E-state index in [2.05, 4.69) is 10.2 Å². The Balaban J connectivity index is 1.64. The molecule has 10 heteroatoms. The number of halogens is 1. The van der Waals surface area contributed by atoms with Crippen LogP contribution in [0.1, 0.15) is 5.56 Å². The highest BCUT2D eigenvalue weighted by Gasteiger charge is 2.16. The first-order valence-corrected chi connectivity index (χ1v) is 10.2. The molecule has 8 nitrogen and oxygen atoms in total. The summed E-state index contributed by atoms with van der Waals surface area (Å²) in [7, 11) is 1.65. The molecule has 2 aromatic carbocycles. The van der Waals surface area contributed by atoms with E-state index >= 15 is 0 Å². The first kappa shape index (κ1) is 18.7. The molecule has 0 amide bonds. The van der Waals surface area contributed by atoms with Crippen molar-refractivity contribution in [2.24, 2.45) is 7.05 Å². The lowest BCUT2D eigenvalue weighted by Crippen LogP contribution is -2.20. The Labute approximate surface area is 177 Å². The van der Waals surface area contributed by atoms with Gasteiger partial charge in [-0.15, -0.1) is 10.2 Å². The standard InChI is InChI=1S/C20H13ClN4O4S/c1-24-18(28)11-4-2-3-5-14(11)25-19(24)22-23-20(25)30-9-10-6-17(27)29-16-8-15(26)13(21)7-12(10)16/h2-8,26H,9H2,1H3. The lowest BCUT2D eigenvalue weighted by Gasteiger charge is -2.08. The van der Waals surface area contributed by atoms with E-state index in [1.165, 1.54) is 28.5 Å². The second-order valence-corrected chi connectivity index (χ2v) is 8.03. The van der Waals surface area contributed by atoms with Gasteiger partial charge in [0.2, 0.25) is 5.78 Å². The van der Waals surface area contributed by atoms with Crippen molar-refractivity contribution in [1.29, 1.82) is 0 Å². The van der Waals surface area contributed by atoms with Crippen LogP contribution in [0.3, 0.4) is 0 Å². The van der Waals surface area contributed by atoms with Crippen LogP contribution in [-0.4, -0.2) is 24.3 Å². The highest BCUT2D eigenvalue weighted by molar-refractivity contribution is 7.98. The minimum Gasteiger partial charge on any atom is -0.506 e. The Bertz CT molecular complexity index is 1590. The first-order chi connectivity index (χ1) is 14.4. The van der Waals surface area contributed by atoms with Gasteiger partial charge >= 0.3 is 5.63 Å². The van der Waals surface area contributed by atoms with Crippen LogP contribution < -0.4 is 11.2 Å². The van der Waals surface area contributed by atoms with Gasteiger partial charge in [0.05, 0.1) is 15.9 Å². The van der Waals surface area contributed by atoms with Crippen LogP contribution in [0, 0.1) is 0 Å². The first-order valence-electron chi connectivity index (χ1n) is 8.85. The van der Waals surface area contributed by atoms with E-state index in [4.69, 9.17) is 16.0 Å². The van der Waals surface area contributed by atoms with E-state index in [1.54, 1.807) is 25.2 Å². The van der Waals surface area contributed by atoms with Gasteiger partial charge in [0.15, 0.2) is 5.16 Å². The van der Waals surface area contributed by atoms with Gasteiger partial charge in [0, 0.05) is 30.3 Å². The van der Waals surface area contributed by atoms with Gasteiger partial charge in [-0.25, -0.2) is 4.79 Å². The number of aryl methyl sites for hydroxylation is 1. The fraction of sp³-hybridized carbons (Fsp3) is 0.100. The largest absolute Gasteiger partial charge is 0.506 e. The van der Waals surface area contributed by atoms with Crippen LogP contribution in [-0.2, 0) is 12.8 Å². The minimum absolute atomic E-state index is 0.150. The third-order valence-corrected chi connectivity index (χ3v) is 6.13. The van der Waals surface area contributed by atoms with E-state index in [9.17, 15) is 14.7 Å². The molecule has 0 bridgehead atoms. The molecule has 150 valence electrons. The maximum Gasteiger partial charge on any atom is 0.336 e. The van der Waals surface area contributed by atoms with E-state index in [1.807, 2.05) is 16.5 Å². The summed E-state index contributed by atoms with van der Waals surface area (Å²) in [5, 5.41) is 20.1. The molecular formula is C20H13ClN4O4S. The predicted octanol–water partition coefficient (Wildman–Crippen LogP) is 3.34. The van der Waals surface area contributed by atoms with Gasteiger partial charge < -0.3 is 9.52 Å². The molecular weight excluding hydrogens is 428 g/mol. The number of aromatic nitrogens is 4. The van der Waals surface area contributed by atoms with E-state index in [0.29, 0.717) is 38.5 Å². The molecule has 5 rings (SSSR count). The second-order valence-electron chi connectivity index (χ2n) is 6.68. The number of para-hydroxylation sites is 1. The highest BCUT2D eigenvalue weighted by Crippen LogP contribution is 2.32. The zero-order valence-corrected chi connectivity index (χ0v) is 17.1. The number of rotatable bonds is 3. The van der Waals surface area contributed by atoms with Crippen molar-refractivity contribution in [2.45, 2.75) is 10.9 Å². The third kappa shape index (κ3) is 2.86. The molecule has 0 aliphatic rings. The fourth-order valence-corrected chi connectivity index (χ4v) is 4.50. The number of nitrogens with zero attached hydrogens (tertiary/aromatic N) is 4. The van der Waals surface area contributed by atoms with Gasteiger partial charge in [0.25, 0.3) is 5.56 Å². The molecule has 0 aliphatic heterocycles. The summed E-state index contributed by atoms with van der Waals surface area (Å²) < 4.78 is 8.44. The second kappa shape index (κ2) is 6.89. The maximum atomic E-state index is 12.6.